The Labute approximate surface area is 109 Å². The van der Waals surface area contributed by atoms with Gasteiger partial charge in [0, 0.05) is 38.3 Å². The van der Waals surface area contributed by atoms with Gasteiger partial charge in [-0.1, -0.05) is 23.8 Å². The van der Waals surface area contributed by atoms with Gasteiger partial charge < -0.3 is 4.90 Å². The Bertz CT molecular complexity index is 417. The Kier molecular flexibility index (Phi) is 4.15. The van der Waals surface area contributed by atoms with E-state index in [2.05, 4.69) is 11.5 Å². The van der Waals surface area contributed by atoms with Crippen LogP contribution in [-0.2, 0) is 0 Å². The standard InChI is InChI=1S/C15H20N2O/c1-3-8-16-9-11-17(12-10-16)15(18)14-6-4-13(2)5-7-14/h3-7H,1,8-12H2,2H3. The van der Waals surface area contributed by atoms with Crippen molar-refractivity contribution in [1.29, 1.82) is 0 Å². The third kappa shape index (κ3) is 2.99. The Balaban J connectivity index is 1.95. The fourth-order valence-corrected chi connectivity index (χ4v) is 2.19. The van der Waals surface area contributed by atoms with Gasteiger partial charge >= 0.3 is 0 Å². The molecular weight excluding hydrogens is 224 g/mol. The minimum atomic E-state index is 0.147. The molecule has 0 atom stereocenters. The average molecular weight is 244 g/mol. The van der Waals surface area contributed by atoms with Crippen LogP contribution < -0.4 is 0 Å². The maximum absolute atomic E-state index is 12.3. The highest BCUT2D eigenvalue weighted by Gasteiger charge is 2.21. The van der Waals surface area contributed by atoms with Gasteiger partial charge in [-0.3, -0.25) is 9.69 Å². The molecule has 0 bridgehead atoms. The summed E-state index contributed by atoms with van der Waals surface area (Å²) in [7, 11) is 0. The summed E-state index contributed by atoms with van der Waals surface area (Å²) in [5.74, 6) is 0.147. The van der Waals surface area contributed by atoms with Crippen LogP contribution in [0.15, 0.2) is 36.9 Å². The SMILES string of the molecule is C=CCN1CCN(C(=O)c2ccc(C)cc2)CC1. The zero-order valence-corrected chi connectivity index (χ0v) is 10.9. The quantitative estimate of drug-likeness (QED) is 0.759. The maximum Gasteiger partial charge on any atom is 0.253 e. The summed E-state index contributed by atoms with van der Waals surface area (Å²) in [5, 5.41) is 0. The summed E-state index contributed by atoms with van der Waals surface area (Å²) in [4.78, 5) is 16.5. The van der Waals surface area contributed by atoms with E-state index >= 15 is 0 Å². The number of hydrogen-bond donors (Lipinski definition) is 0. The number of rotatable bonds is 3. The lowest BCUT2D eigenvalue weighted by molar-refractivity contribution is 0.0650. The van der Waals surface area contributed by atoms with Crippen molar-refractivity contribution in [2.24, 2.45) is 0 Å². The molecule has 0 N–H and O–H groups in total. The third-order valence-electron chi connectivity index (χ3n) is 3.35. The van der Waals surface area contributed by atoms with E-state index in [0.29, 0.717) is 0 Å². The van der Waals surface area contributed by atoms with E-state index in [1.165, 1.54) is 5.56 Å². The number of amides is 1. The summed E-state index contributed by atoms with van der Waals surface area (Å²) >= 11 is 0. The zero-order valence-electron chi connectivity index (χ0n) is 10.9. The van der Waals surface area contributed by atoms with Gasteiger partial charge in [0.25, 0.3) is 5.91 Å². The lowest BCUT2D eigenvalue weighted by Crippen LogP contribution is -2.48. The van der Waals surface area contributed by atoms with E-state index in [4.69, 9.17) is 0 Å². The molecule has 0 radical (unpaired) electrons. The van der Waals surface area contributed by atoms with E-state index in [0.717, 1.165) is 38.3 Å². The molecule has 0 unspecified atom stereocenters. The van der Waals surface area contributed by atoms with Crippen molar-refractivity contribution in [3.63, 3.8) is 0 Å². The predicted molar refractivity (Wildman–Crippen MR) is 73.7 cm³/mol. The predicted octanol–water partition coefficient (Wildman–Crippen LogP) is 1.94. The molecule has 1 fully saturated rings. The largest absolute Gasteiger partial charge is 0.336 e. The van der Waals surface area contributed by atoms with Crippen LogP contribution in [0, 0.1) is 6.92 Å². The third-order valence-corrected chi connectivity index (χ3v) is 3.35. The Morgan fingerprint density at radius 3 is 2.39 bits per heavy atom. The minimum absolute atomic E-state index is 0.147. The normalized spacial score (nSPS) is 16.6. The average Bonchev–Trinajstić information content (AvgIpc) is 2.40. The van der Waals surface area contributed by atoms with Crippen LogP contribution >= 0.6 is 0 Å². The number of hydrogen-bond acceptors (Lipinski definition) is 2. The Hall–Kier alpha value is -1.61. The molecule has 1 aliphatic rings. The second-order valence-electron chi connectivity index (χ2n) is 4.75. The molecule has 1 aliphatic heterocycles. The van der Waals surface area contributed by atoms with E-state index in [1.54, 1.807) is 0 Å². The smallest absolute Gasteiger partial charge is 0.253 e. The second-order valence-corrected chi connectivity index (χ2v) is 4.75. The van der Waals surface area contributed by atoms with Gasteiger partial charge in [0.15, 0.2) is 0 Å². The topological polar surface area (TPSA) is 23.6 Å². The first-order chi connectivity index (χ1) is 8.70. The van der Waals surface area contributed by atoms with E-state index in [1.807, 2.05) is 42.2 Å². The van der Waals surface area contributed by atoms with Gasteiger partial charge in [0.1, 0.15) is 0 Å². The van der Waals surface area contributed by atoms with E-state index in [9.17, 15) is 4.79 Å². The van der Waals surface area contributed by atoms with Crippen molar-refractivity contribution in [3.05, 3.63) is 48.0 Å². The fourth-order valence-electron chi connectivity index (χ4n) is 2.19. The number of aryl methyl sites for hydroxylation is 1. The first kappa shape index (κ1) is 12.8. The van der Waals surface area contributed by atoms with Gasteiger partial charge in [0.2, 0.25) is 0 Å². The highest BCUT2D eigenvalue weighted by molar-refractivity contribution is 5.94. The molecule has 1 saturated heterocycles. The van der Waals surface area contributed by atoms with Crippen LogP contribution in [-0.4, -0.2) is 48.4 Å². The second kappa shape index (κ2) is 5.83. The molecule has 1 aromatic carbocycles. The van der Waals surface area contributed by atoms with Crippen molar-refractivity contribution in [2.75, 3.05) is 32.7 Å². The monoisotopic (exact) mass is 244 g/mol. The van der Waals surface area contributed by atoms with Crippen LogP contribution in [0.4, 0.5) is 0 Å². The highest BCUT2D eigenvalue weighted by atomic mass is 16.2. The molecule has 0 aromatic heterocycles. The first-order valence-electron chi connectivity index (χ1n) is 6.40. The Morgan fingerprint density at radius 1 is 1.22 bits per heavy atom. The van der Waals surface area contributed by atoms with Crippen LogP contribution in [0.25, 0.3) is 0 Å². The Morgan fingerprint density at radius 2 is 1.83 bits per heavy atom. The van der Waals surface area contributed by atoms with Crippen molar-refractivity contribution < 1.29 is 4.79 Å². The lowest BCUT2D eigenvalue weighted by atomic mass is 10.1. The van der Waals surface area contributed by atoms with Gasteiger partial charge in [-0.2, -0.15) is 0 Å². The highest BCUT2D eigenvalue weighted by Crippen LogP contribution is 2.10. The van der Waals surface area contributed by atoms with Gasteiger partial charge in [-0.05, 0) is 19.1 Å². The minimum Gasteiger partial charge on any atom is -0.336 e. The zero-order chi connectivity index (χ0) is 13.0. The summed E-state index contributed by atoms with van der Waals surface area (Å²) in [6.07, 6.45) is 1.91. The number of carbonyl (C=O) groups excluding carboxylic acids is 1. The molecule has 1 amide bonds. The molecule has 1 aromatic rings. The van der Waals surface area contributed by atoms with Crippen LogP contribution in [0.1, 0.15) is 15.9 Å². The molecule has 2 rings (SSSR count). The van der Waals surface area contributed by atoms with Gasteiger partial charge in [-0.15, -0.1) is 6.58 Å². The first-order valence-corrected chi connectivity index (χ1v) is 6.40. The molecule has 96 valence electrons. The molecule has 3 heteroatoms. The van der Waals surface area contributed by atoms with Crippen molar-refractivity contribution in [3.8, 4) is 0 Å². The molecule has 1 heterocycles. The maximum atomic E-state index is 12.3. The fraction of sp³-hybridized carbons (Fsp3) is 0.400. The van der Waals surface area contributed by atoms with E-state index in [-0.39, 0.29) is 5.91 Å². The molecule has 0 spiro atoms. The molecule has 0 aliphatic carbocycles. The number of carbonyl (C=O) groups is 1. The van der Waals surface area contributed by atoms with Crippen LogP contribution in [0.3, 0.4) is 0 Å². The lowest BCUT2D eigenvalue weighted by Gasteiger charge is -2.34. The van der Waals surface area contributed by atoms with Crippen LogP contribution in [0.2, 0.25) is 0 Å². The summed E-state index contributed by atoms with van der Waals surface area (Å²) < 4.78 is 0. The van der Waals surface area contributed by atoms with Gasteiger partial charge in [-0.25, -0.2) is 0 Å². The number of benzene rings is 1. The number of piperazine rings is 1. The van der Waals surface area contributed by atoms with Crippen molar-refractivity contribution in [1.82, 2.24) is 9.80 Å². The summed E-state index contributed by atoms with van der Waals surface area (Å²) in [6, 6.07) is 7.80. The number of nitrogens with zero attached hydrogens (tertiary/aromatic N) is 2. The summed E-state index contributed by atoms with van der Waals surface area (Å²) in [5.41, 5.74) is 1.97. The molecular formula is C15H20N2O. The molecule has 18 heavy (non-hydrogen) atoms. The van der Waals surface area contributed by atoms with Crippen molar-refractivity contribution >= 4 is 5.91 Å². The van der Waals surface area contributed by atoms with Crippen molar-refractivity contribution in [2.45, 2.75) is 6.92 Å². The summed E-state index contributed by atoms with van der Waals surface area (Å²) in [6.45, 7) is 10.2. The molecule has 3 nitrogen and oxygen atoms in total. The van der Waals surface area contributed by atoms with Gasteiger partial charge in [0.05, 0.1) is 0 Å². The molecule has 0 saturated carbocycles. The van der Waals surface area contributed by atoms with Crippen LogP contribution in [0.5, 0.6) is 0 Å². The van der Waals surface area contributed by atoms with E-state index < -0.39 is 0 Å².